The Balaban J connectivity index is 2.14. The smallest absolute Gasteiger partial charge is 0.313 e. The molecule has 0 aliphatic rings. The second kappa shape index (κ2) is 4.71. The Bertz CT molecular complexity index is 510. The summed E-state index contributed by atoms with van der Waals surface area (Å²) in [6.07, 6.45) is 1.52. The molecule has 8 heteroatoms. The molecule has 2 heterocycles. The summed E-state index contributed by atoms with van der Waals surface area (Å²) in [5, 5.41) is 15.5. The molecule has 2 N–H and O–H groups in total. The lowest BCUT2D eigenvalue weighted by atomic mass is 10.3. The van der Waals surface area contributed by atoms with Gasteiger partial charge in [-0.15, -0.1) is 5.10 Å². The summed E-state index contributed by atoms with van der Waals surface area (Å²) in [6.45, 7) is 0. The second-order valence-corrected chi connectivity index (χ2v) is 4.42. The molecule has 0 bridgehead atoms. The van der Waals surface area contributed by atoms with Crippen molar-refractivity contribution < 1.29 is 14.3 Å². The highest BCUT2D eigenvalue weighted by Crippen LogP contribution is 2.27. The van der Waals surface area contributed by atoms with Gasteiger partial charge in [0.2, 0.25) is 5.16 Å². The number of hydrogen-bond acceptors (Lipinski definition) is 5. The van der Waals surface area contributed by atoms with Gasteiger partial charge in [0.05, 0.1) is 17.6 Å². The van der Waals surface area contributed by atoms with E-state index < -0.39 is 5.97 Å². The molecule has 2 rings (SSSR count). The first-order valence-corrected chi connectivity index (χ1v) is 5.95. The fourth-order valence-electron chi connectivity index (χ4n) is 1.02. The summed E-state index contributed by atoms with van der Waals surface area (Å²) >= 11 is 4.27. The zero-order valence-electron chi connectivity index (χ0n) is 7.81. The first-order chi connectivity index (χ1) is 7.66. The SMILES string of the molecule is O=C(O)CSc1n[nH]c(-c2ccoc2Br)n1. The monoisotopic (exact) mass is 303 g/mol. The molecule has 84 valence electrons. The Hall–Kier alpha value is -1.28. The van der Waals surface area contributed by atoms with Crippen LogP contribution in [0.1, 0.15) is 0 Å². The van der Waals surface area contributed by atoms with Gasteiger partial charge in [-0.25, -0.2) is 4.98 Å². The molecule has 0 unspecified atom stereocenters. The highest BCUT2D eigenvalue weighted by molar-refractivity contribution is 9.10. The van der Waals surface area contributed by atoms with Crippen molar-refractivity contribution >= 4 is 33.7 Å². The summed E-state index contributed by atoms with van der Waals surface area (Å²) in [6, 6.07) is 1.73. The predicted octanol–water partition coefficient (Wildman–Crippen LogP) is 2.00. The number of aromatic amines is 1. The second-order valence-electron chi connectivity index (χ2n) is 2.76. The van der Waals surface area contributed by atoms with E-state index in [4.69, 9.17) is 9.52 Å². The largest absolute Gasteiger partial charge is 0.481 e. The van der Waals surface area contributed by atoms with E-state index in [2.05, 4.69) is 31.1 Å². The van der Waals surface area contributed by atoms with Crippen LogP contribution < -0.4 is 0 Å². The number of carboxylic acids is 1. The van der Waals surface area contributed by atoms with E-state index in [-0.39, 0.29) is 5.75 Å². The lowest BCUT2D eigenvalue weighted by Crippen LogP contribution is -1.97. The number of aromatic nitrogens is 3. The zero-order valence-corrected chi connectivity index (χ0v) is 10.2. The lowest BCUT2D eigenvalue weighted by molar-refractivity contribution is -0.133. The van der Waals surface area contributed by atoms with E-state index in [1.54, 1.807) is 6.07 Å². The van der Waals surface area contributed by atoms with E-state index in [0.717, 1.165) is 17.3 Å². The maximum Gasteiger partial charge on any atom is 0.313 e. The molecule has 0 fully saturated rings. The van der Waals surface area contributed by atoms with Crippen molar-refractivity contribution in [1.82, 2.24) is 15.2 Å². The van der Waals surface area contributed by atoms with Crippen LogP contribution in [0.15, 0.2) is 26.6 Å². The van der Waals surface area contributed by atoms with Crippen LogP contribution in [-0.2, 0) is 4.79 Å². The molecule has 2 aromatic rings. The minimum atomic E-state index is -0.902. The Kier molecular flexibility index (Phi) is 3.30. The third kappa shape index (κ3) is 2.45. The number of H-pyrrole nitrogens is 1. The van der Waals surface area contributed by atoms with Crippen molar-refractivity contribution in [3.05, 3.63) is 17.0 Å². The standard InChI is InChI=1S/C8H6BrN3O3S/c9-6-4(1-2-15-6)7-10-8(12-11-7)16-3-5(13)14/h1-2H,3H2,(H,13,14)(H,10,11,12). The molecule has 0 amide bonds. The molecule has 0 aromatic carbocycles. The van der Waals surface area contributed by atoms with Gasteiger partial charge in [-0.05, 0) is 22.0 Å². The fourth-order valence-corrected chi connectivity index (χ4v) is 1.97. The van der Waals surface area contributed by atoms with Crippen molar-refractivity contribution in [3.63, 3.8) is 0 Å². The van der Waals surface area contributed by atoms with Gasteiger partial charge in [0, 0.05) is 0 Å². The topological polar surface area (TPSA) is 92.0 Å². The van der Waals surface area contributed by atoms with Gasteiger partial charge in [-0.2, -0.15) is 0 Å². The molecule has 2 aromatic heterocycles. The van der Waals surface area contributed by atoms with Crippen LogP contribution in [0.5, 0.6) is 0 Å². The Morgan fingerprint density at radius 2 is 2.50 bits per heavy atom. The molecule has 16 heavy (non-hydrogen) atoms. The van der Waals surface area contributed by atoms with E-state index in [1.165, 1.54) is 6.26 Å². The number of halogens is 1. The first kappa shape index (κ1) is 11.2. The van der Waals surface area contributed by atoms with Crippen LogP contribution in [0.4, 0.5) is 0 Å². The van der Waals surface area contributed by atoms with Crippen LogP contribution in [0, 0.1) is 0 Å². The maximum atomic E-state index is 10.4. The number of thioether (sulfide) groups is 1. The van der Waals surface area contributed by atoms with Gasteiger partial charge in [0.1, 0.15) is 0 Å². The van der Waals surface area contributed by atoms with Gasteiger partial charge in [-0.3, -0.25) is 9.89 Å². The number of rotatable bonds is 4. The number of aliphatic carboxylic acids is 1. The average molecular weight is 304 g/mol. The highest BCUT2D eigenvalue weighted by atomic mass is 79.9. The molecule has 0 saturated carbocycles. The first-order valence-electron chi connectivity index (χ1n) is 4.17. The third-order valence-corrected chi connectivity index (χ3v) is 3.11. The van der Waals surface area contributed by atoms with Crippen molar-refractivity contribution in [3.8, 4) is 11.4 Å². The number of furan rings is 1. The number of carbonyl (C=O) groups is 1. The summed E-state index contributed by atoms with van der Waals surface area (Å²) in [5.41, 5.74) is 0.745. The van der Waals surface area contributed by atoms with Crippen LogP contribution in [-0.4, -0.2) is 32.0 Å². The summed E-state index contributed by atoms with van der Waals surface area (Å²) in [4.78, 5) is 14.5. The molecular formula is C8H6BrN3O3S. The zero-order chi connectivity index (χ0) is 11.5. The Morgan fingerprint density at radius 1 is 1.69 bits per heavy atom. The van der Waals surface area contributed by atoms with Gasteiger partial charge in [0.15, 0.2) is 10.5 Å². The average Bonchev–Trinajstić information content (AvgIpc) is 2.83. The molecule has 0 atom stereocenters. The quantitative estimate of drug-likeness (QED) is 0.839. The summed E-state index contributed by atoms with van der Waals surface area (Å²) in [7, 11) is 0. The van der Waals surface area contributed by atoms with E-state index in [1.807, 2.05) is 0 Å². The van der Waals surface area contributed by atoms with Crippen molar-refractivity contribution in [2.75, 3.05) is 5.75 Å². The van der Waals surface area contributed by atoms with Gasteiger partial charge in [-0.1, -0.05) is 11.8 Å². The van der Waals surface area contributed by atoms with E-state index >= 15 is 0 Å². The molecular weight excluding hydrogens is 298 g/mol. The Morgan fingerprint density at radius 3 is 3.12 bits per heavy atom. The van der Waals surface area contributed by atoms with Crippen molar-refractivity contribution in [1.29, 1.82) is 0 Å². The number of nitrogens with one attached hydrogen (secondary N) is 1. The minimum absolute atomic E-state index is 0.0656. The normalized spacial score (nSPS) is 10.6. The number of carboxylic acid groups (broad SMARTS) is 1. The molecule has 0 aliphatic carbocycles. The Labute approximate surface area is 103 Å². The predicted molar refractivity (Wildman–Crippen MR) is 60.1 cm³/mol. The number of nitrogens with zero attached hydrogens (tertiary/aromatic N) is 2. The summed E-state index contributed by atoms with van der Waals surface area (Å²) in [5.74, 6) is -0.432. The van der Waals surface area contributed by atoms with Gasteiger partial charge < -0.3 is 9.52 Å². The molecule has 6 nitrogen and oxygen atoms in total. The molecule has 0 radical (unpaired) electrons. The van der Waals surface area contributed by atoms with Crippen LogP contribution in [0.3, 0.4) is 0 Å². The van der Waals surface area contributed by atoms with E-state index in [9.17, 15) is 4.79 Å². The molecule has 0 aliphatic heterocycles. The lowest BCUT2D eigenvalue weighted by Gasteiger charge is -1.89. The minimum Gasteiger partial charge on any atom is -0.481 e. The number of hydrogen-bond donors (Lipinski definition) is 2. The van der Waals surface area contributed by atoms with Crippen LogP contribution in [0.2, 0.25) is 0 Å². The van der Waals surface area contributed by atoms with Crippen LogP contribution in [0.25, 0.3) is 11.4 Å². The molecule has 0 spiro atoms. The third-order valence-electron chi connectivity index (χ3n) is 1.66. The van der Waals surface area contributed by atoms with Crippen LogP contribution >= 0.6 is 27.7 Å². The van der Waals surface area contributed by atoms with Crippen molar-refractivity contribution in [2.24, 2.45) is 0 Å². The highest BCUT2D eigenvalue weighted by Gasteiger charge is 2.12. The maximum absolute atomic E-state index is 10.4. The van der Waals surface area contributed by atoms with Gasteiger partial charge >= 0.3 is 5.97 Å². The van der Waals surface area contributed by atoms with Gasteiger partial charge in [0.25, 0.3) is 0 Å². The van der Waals surface area contributed by atoms with E-state index in [0.29, 0.717) is 15.7 Å². The fraction of sp³-hybridized carbons (Fsp3) is 0.125. The van der Waals surface area contributed by atoms with Crippen molar-refractivity contribution in [2.45, 2.75) is 5.16 Å². The summed E-state index contributed by atoms with van der Waals surface area (Å²) < 4.78 is 5.61. The molecule has 0 saturated heterocycles.